The highest BCUT2D eigenvalue weighted by molar-refractivity contribution is 9.10. The van der Waals surface area contributed by atoms with Gasteiger partial charge in [-0.2, -0.15) is 0 Å². The van der Waals surface area contributed by atoms with Crippen LogP contribution < -0.4 is 15.2 Å². The lowest BCUT2D eigenvalue weighted by Gasteiger charge is -2.39. The molecule has 92 valence electrons. The predicted molar refractivity (Wildman–Crippen MR) is 69.2 cm³/mol. The van der Waals surface area contributed by atoms with Crippen LogP contribution in [0.2, 0.25) is 0 Å². The van der Waals surface area contributed by atoms with Crippen LogP contribution >= 0.6 is 15.9 Å². The van der Waals surface area contributed by atoms with E-state index in [1.165, 1.54) is 6.42 Å². The number of rotatable bonds is 1. The van der Waals surface area contributed by atoms with Gasteiger partial charge in [-0.25, -0.2) is 0 Å². The maximum absolute atomic E-state index is 6.36. The second-order valence-electron chi connectivity index (χ2n) is 5.39. The Kier molecular flexibility index (Phi) is 2.26. The molecule has 4 heteroatoms. The molecule has 0 spiro atoms. The average Bonchev–Trinajstić information content (AvgIpc) is 2.46. The van der Waals surface area contributed by atoms with E-state index in [4.69, 9.17) is 15.2 Å². The summed E-state index contributed by atoms with van der Waals surface area (Å²) in [5.41, 5.74) is 7.30. The molecule has 1 aromatic carbocycles. The Balaban J connectivity index is 2.04. The fourth-order valence-corrected chi connectivity index (χ4v) is 3.17. The second kappa shape index (κ2) is 3.39. The summed E-state index contributed by atoms with van der Waals surface area (Å²) in [6.45, 7) is 3.81. The number of nitrogens with two attached hydrogens (primary N) is 1. The Morgan fingerprint density at radius 1 is 1.18 bits per heavy atom. The Morgan fingerprint density at radius 3 is 2.29 bits per heavy atom. The molecule has 0 unspecified atom stereocenters. The van der Waals surface area contributed by atoms with Crippen LogP contribution in [0.1, 0.15) is 38.7 Å². The molecule has 1 aliphatic heterocycles. The van der Waals surface area contributed by atoms with Crippen LogP contribution in [0.4, 0.5) is 0 Å². The molecule has 0 amide bonds. The molecule has 1 heterocycles. The lowest BCUT2D eigenvalue weighted by atomic mass is 9.73. The van der Waals surface area contributed by atoms with Gasteiger partial charge in [0.2, 0.25) is 5.79 Å². The van der Waals surface area contributed by atoms with E-state index in [9.17, 15) is 0 Å². The predicted octanol–water partition coefficient (Wildman–Crippen LogP) is 3.29. The van der Waals surface area contributed by atoms with E-state index in [2.05, 4.69) is 15.9 Å². The van der Waals surface area contributed by atoms with Crippen molar-refractivity contribution in [2.24, 2.45) is 5.73 Å². The third kappa shape index (κ3) is 1.74. The minimum atomic E-state index is -0.582. The van der Waals surface area contributed by atoms with Gasteiger partial charge in [0.15, 0.2) is 11.5 Å². The zero-order chi connectivity index (χ0) is 12.3. The zero-order valence-corrected chi connectivity index (χ0v) is 11.6. The first-order valence-electron chi connectivity index (χ1n) is 5.91. The smallest absolute Gasteiger partial charge is 0.246 e. The van der Waals surface area contributed by atoms with Crippen LogP contribution in [0, 0.1) is 0 Å². The monoisotopic (exact) mass is 297 g/mol. The van der Waals surface area contributed by atoms with E-state index in [0.29, 0.717) is 0 Å². The van der Waals surface area contributed by atoms with Crippen LogP contribution in [-0.4, -0.2) is 5.79 Å². The van der Waals surface area contributed by atoms with Crippen molar-refractivity contribution in [1.82, 2.24) is 0 Å². The van der Waals surface area contributed by atoms with E-state index in [-0.39, 0.29) is 5.54 Å². The van der Waals surface area contributed by atoms with Gasteiger partial charge in [-0.3, -0.25) is 0 Å². The molecular weight excluding hydrogens is 282 g/mol. The highest BCUT2D eigenvalue weighted by Gasteiger charge is 2.39. The van der Waals surface area contributed by atoms with E-state index < -0.39 is 5.79 Å². The number of ether oxygens (including phenoxy) is 2. The quantitative estimate of drug-likeness (QED) is 0.865. The summed E-state index contributed by atoms with van der Waals surface area (Å²) < 4.78 is 12.5. The van der Waals surface area contributed by atoms with Crippen molar-refractivity contribution in [3.8, 4) is 11.5 Å². The van der Waals surface area contributed by atoms with Crippen LogP contribution in [0.3, 0.4) is 0 Å². The van der Waals surface area contributed by atoms with Crippen LogP contribution in [0.25, 0.3) is 0 Å². The topological polar surface area (TPSA) is 44.5 Å². The molecule has 1 aromatic rings. The van der Waals surface area contributed by atoms with Gasteiger partial charge in [0, 0.05) is 23.9 Å². The lowest BCUT2D eigenvalue weighted by molar-refractivity contribution is -0.0432. The molecule has 0 saturated heterocycles. The van der Waals surface area contributed by atoms with Crippen molar-refractivity contribution >= 4 is 15.9 Å². The second-order valence-corrected chi connectivity index (χ2v) is 6.25. The summed E-state index contributed by atoms with van der Waals surface area (Å²) in [5, 5.41) is 0. The SMILES string of the molecule is CC1(C)Oc2cc(Br)c(C3(N)CCC3)cc2O1. The number of benzene rings is 1. The third-order valence-corrected chi connectivity index (χ3v) is 4.18. The van der Waals surface area contributed by atoms with Gasteiger partial charge >= 0.3 is 0 Å². The molecule has 1 saturated carbocycles. The molecule has 1 fully saturated rings. The molecule has 1 aliphatic carbocycles. The van der Waals surface area contributed by atoms with E-state index in [1.807, 2.05) is 26.0 Å². The molecule has 0 radical (unpaired) electrons. The van der Waals surface area contributed by atoms with Gasteiger partial charge in [-0.05, 0) is 37.0 Å². The molecule has 17 heavy (non-hydrogen) atoms. The fraction of sp³-hybridized carbons (Fsp3) is 0.538. The van der Waals surface area contributed by atoms with Crippen LogP contribution in [-0.2, 0) is 5.54 Å². The summed E-state index contributed by atoms with van der Waals surface area (Å²) >= 11 is 3.58. The maximum Gasteiger partial charge on any atom is 0.246 e. The summed E-state index contributed by atoms with van der Waals surface area (Å²) in [6, 6.07) is 3.99. The van der Waals surface area contributed by atoms with E-state index in [0.717, 1.165) is 34.4 Å². The minimum Gasteiger partial charge on any atom is -0.449 e. The standard InChI is InChI=1S/C13H16BrNO2/c1-12(2)16-10-6-8(13(15)4-3-5-13)9(14)7-11(10)17-12/h6-7H,3-5,15H2,1-2H3. The summed E-state index contributed by atoms with van der Waals surface area (Å²) in [5.74, 6) is 1.00. The van der Waals surface area contributed by atoms with Crippen molar-refractivity contribution in [3.63, 3.8) is 0 Å². The first-order valence-corrected chi connectivity index (χ1v) is 6.70. The molecule has 0 aromatic heterocycles. The van der Waals surface area contributed by atoms with Gasteiger partial charge in [0.25, 0.3) is 0 Å². The summed E-state index contributed by atoms with van der Waals surface area (Å²) in [6.07, 6.45) is 3.27. The van der Waals surface area contributed by atoms with Gasteiger partial charge in [-0.15, -0.1) is 0 Å². The van der Waals surface area contributed by atoms with Crippen LogP contribution in [0.15, 0.2) is 16.6 Å². The normalized spacial score (nSPS) is 23.3. The van der Waals surface area contributed by atoms with Crippen molar-refractivity contribution in [2.75, 3.05) is 0 Å². The third-order valence-electron chi connectivity index (χ3n) is 3.53. The van der Waals surface area contributed by atoms with Crippen molar-refractivity contribution in [1.29, 1.82) is 0 Å². The Bertz CT molecular complexity index is 481. The highest BCUT2D eigenvalue weighted by Crippen LogP contribution is 2.48. The van der Waals surface area contributed by atoms with Gasteiger partial charge in [0.05, 0.1) is 0 Å². The van der Waals surface area contributed by atoms with E-state index >= 15 is 0 Å². The average molecular weight is 298 g/mol. The molecule has 3 rings (SSSR count). The molecule has 0 bridgehead atoms. The largest absolute Gasteiger partial charge is 0.449 e. The first kappa shape index (κ1) is 11.4. The molecule has 2 aliphatic rings. The maximum atomic E-state index is 6.36. The van der Waals surface area contributed by atoms with Gasteiger partial charge in [-0.1, -0.05) is 15.9 Å². The Morgan fingerprint density at radius 2 is 1.76 bits per heavy atom. The fourth-order valence-electron chi connectivity index (χ4n) is 2.45. The van der Waals surface area contributed by atoms with Crippen molar-refractivity contribution < 1.29 is 9.47 Å². The van der Waals surface area contributed by atoms with Crippen molar-refractivity contribution in [2.45, 2.75) is 44.4 Å². The van der Waals surface area contributed by atoms with Crippen molar-refractivity contribution in [3.05, 3.63) is 22.2 Å². The molecule has 2 N–H and O–H groups in total. The van der Waals surface area contributed by atoms with Gasteiger partial charge in [0.1, 0.15) is 0 Å². The number of halogens is 1. The van der Waals surface area contributed by atoms with Crippen LogP contribution in [0.5, 0.6) is 11.5 Å². The Labute approximate surface area is 109 Å². The molecular formula is C13H16BrNO2. The highest BCUT2D eigenvalue weighted by atomic mass is 79.9. The molecule has 3 nitrogen and oxygen atoms in total. The summed E-state index contributed by atoms with van der Waals surface area (Å²) in [4.78, 5) is 0. The summed E-state index contributed by atoms with van der Waals surface area (Å²) in [7, 11) is 0. The number of hydrogen-bond acceptors (Lipinski definition) is 3. The Hall–Kier alpha value is -0.740. The zero-order valence-electron chi connectivity index (χ0n) is 10.0. The van der Waals surface area contributed by atoms with Gasteiger partial charge < -0.3 is 15.2 Å². The molecule has 0 atom stereocenters. The van der Waals surface area contributed by atoms with E-state index in [1.54, 1.807) is 0 Å². The first-order chi connectivity index (χ1) is 7.90. The number of hydrogen-bond donors (Lipinski definition) is 1. The number of fused-ring (bicyclic) bond motifs is 1. The lowest BCUT2D eigenvalue weighted by Crippen LogP contribution is -2.43. The minimum absolute atomic E-state index is 0.191.